The van der Waals surface area contributed by atoms with E-state index < -0.39 is 45.6 Å². The van der Waals surface area contributed by atoms with E-state index in [2.05, 4.69) is 5.32 Å². The second-order valence-electron chi connectivity index (χ2n) is 6.47. The molecule has 0 aromatic heterocycles. The lowest BCUT2D eigenvalue weighted by Gasteiger charge is -2.38. The predicted octanol–water partition coefficient (Wildman–Crippen LogP) is 1.67. The van der Waals surface area contributed by atoms with Crippen LogP contribution in [-0.2, 0) is 19.4 Å². The molecule has 0 radical (unpaired) electrons. The molecule has 146 valence electrons. The number of amides is 2. The summed E-state index contributed by atoms with van der Waals surface area (Å²) in [5.74, 6) is -2.80. The van der Waals surface area contributed by atoms with E-state index in [1.165, 1.54) is 11.8 Å². The van der Waals surface area contributed by atoms with Gasteiger partial charge in [0.05, 0.1) is 36.3 Å². The van der Waals surface area contributed by atoms with Crippen LogP contribution in [0.4, 0.5) is 13.6 Å². The molecule has 1 aromatic rings. The lowest BCUT2D eigenvalue weighted by Crippen LogP contribution is -2.52. The largest absolute Gasteiger partial charge is 0.466 e. The van der Waals surface area contributed by atoms with Crippen molar-refractivity contribution < 1.29 is 31.5 Å². The standard InChI is InChI=1S/C17H18F2N2O5S/c1-9-14(16(22)26-2)15(12-4-3-10(18)7-13(12)19)20-17(23)21(9)11-5-6-27(24,25)8-11/h3-4,7,11,15H,5-6,8H2,1-2H3,(H,20,23)/t11-,15+/m1/s1. The van der Waals surface area contributed by atoms with Crippen LogP contribution in [0.25, 0.3) is 0 Å². The van der Waals surface area contributed by atoms with Crippen LogP contribution < -0.4 is 5.32 Å². The summed E-state index contributed by atoms with van der Waals surface area (Å²) < 4.78 is 55.8. The smallest absolute Gasteiger partial charge is 0.337 e. The lowest BCUT2D eigenvalue weighted by atomic mass is 9.93. The van der Waals surface area contributed by atoms with Gasteiger partial charge in [0, 0.05) is 17.3 Å². The van der Waals surface area contributed by atoms with Crippen molar-refractivity contribution in [1.29, 1.82) is 0 Å². The minimum absolute atomic E-state index is 0.0353. The van der Waals surface area contributed by atoms with Crippen molar-refractivity contribution in [2.75, 3.05) is 18.6 Å². The maximum Gasteiger partial charge on any atom is 0.337 e. The second-order valence-corrected chi connectivity index (χ2v) is 8.69. The van der Waals surface area contributed by atoms with Gasteiger partial charge in [-0.3, -0.25) is 4.90 Å². The van der Waals surface area contributed by atoms with Crippen LogP contribution in [0.3, 0.4) is 0 Å². The molecule has 0 spiro atoms. The van der Waals surface area contributed by atoms with Gasteiger partial charge in [0.2, 0.25) is 0 Å². The molecule has 0 aliphatic carbocycles. The van der Waals surface area contributed by atoms with E-state index in [1.54, 1.807) is 0 Å². The molecular formula is C17H18F2N2O5S. The molecule has 2 aliphatic rings. The average Bonchev–Trinajstić information content (AvgIpc) is 2.93. The number of hydrogen-bond acceptors (Lipinski definition) is 5. The third kappa shape index (κ3) is 3.53. The number of nitrogens with zero attached hydrogens (tertiary/aromatic N) is 1. The fourth-order valence-corrected chi connectivity index (χ4v) is 5.22. The molecule has 1 N–H and O–H groups in total. The number of urea groups is 1. The van der Waals surface area contributed by atoms with Gasteiger partial charge in [-0.2, -0.15) is 0 Å². The first-order chi connectivity index (χ1) is 12.6. The average molecular weight is 400 g/mol. The quantitative estimate of drug-likeness (QED) is 0.779. The Bertz CT molecular complexity index is 945. The first-order valence-corrected chi connectivity index (χ1v) is 10.0. The summed E-state index contributed by atoms with van der Waals surface area (Å²) in [4.78, 5) is 26.2. The van der Waals surface area contributed by atoms with Crippen molar-refractivity contribution in [1.82, 2.24) is 10.2 Å². The van der Waals surface area contributed by atoms with Gasteiger partial charge in [-0.05, 0) is 19.4 Å². The van der Waals surface area contributed by atoms with E-state index in [0.29, 0.717) is 6.07 Å². The molecule has 1 aromatic carbocycles. The number of hydrogen-bond donors (Lipinski definition) is 1. The highest BCUT2D eigenvalue weighted by molar-refractivity contribution is 7.91. The van der Waals surface area contributed by atoms with Gasteiger partial charge >= 0.3 is 12.0 Å². The number of carbonyl (C=O) groups excluding carboxylic acids is 2. The molecule has 2 atom stereocenters. The Kier molecular flexibility index (Phi) is 4.94. The summed E-state index contributed by atoms with van der Waals surface area (Å²) in [5.41, 5.74) is 0.0523. The van der Waals surface area contributed by atoms with Crippen molar-refractivity contribution in [3.05, 3.63) is 46.7 Å². The third-order valence-electron chi connectivity index (χ3n) is 4.78. The van der Waals surface area contributed by atoms with Crippen LogP contribution in [0.5, 0.6) is 0 Å². The number of benzene rings is 1. The number of nitrogens with one attached hydrogen (secondary N) is 1. The van der Waals surface area contributed by atoms with Crippen molar-refractivity contribution >= 4 is 21.8 Å². The van der Waals surface area contributed by atoms with Gasteiger partial charge in [0.15, 0.2) is 9.84 Å². The van der Waals surface area contributed by atoms with Gasteiger partial charge in [-0.1, -0.05) is 6.07 Å². The highest BCUT2D eigenvalue weighted by atomic mass is 32.2. The number of sulfone groups is 1. The maximum atomic E-state index is 14.3. The van der Waals surface area contributed by atoms with Gasteiger partial charge in [-0.15, -0.1) is 0 Å². The van der Waals surface area contributed by atoms with E-state index in [1.807, 2.05) is 0 Å². The molecule has 0 unspecified atom stereocenters. The maximum absolute atomic E-state index is 14.3. The summed E-state index contributed by atoms with van der Waals surface area (Å²) in [6.45, 7) is 1.48. The first-order valence-electron chi connectivity index (χ1n) is 8.19. The fraction of sp³-hybridized carbons (Fsp3) is 0.412. The summed E-state index contributed by atoms with van der Waals surface area (Å²) in [5, 5.41) is 2.51. The Balaban J connectivity index is 2.09. The zero-order valence-corrected chi connectivity index (χ0v) is 15.5. The second kappa shape index (κ2) is 6.91. The van der Waals surface area contributed by atoms with Gasteiger partial charge in [0.1, 0.15) is 11.6 Å². The normalized spacial score (nSPS) is 24.7. The van der Waals surface area contributed by atoms with Crippen molar-refractivity contribution in [3.8, 4) is 0 Å². The molecule has 2 aliphatic heterocycles. The molecule has 7 nitrogen and oxygen atoms in total. The monoisotopic (exact) mass is 400 g/mol. The van der Waals surface area contributed by atoms with Crippen LogP contribution in [0, 0.1) is 11.6 Å². The number of carbonyl (C=O) groups is 2. The molecule has 0 saturated carbocycles. The Hall–Kier alpha value is -2.49. The molecule has 27 heavy (non-hydrogen) atoms. The van der Waals surface area contributed by atoms with E-state index in [9.17, 15) is 26.8 Å². The number of rotatable bonds is 3. The van der Waals surface area contributed by atoms with E-state index >= 15 is 0 Å². The lowest BCUT2D eigenvalue weighted by molar-refractivity contribution is -0.136. The Labute approximate surface area is 154 Å². The summed E-state index contributed by atoms with van der Waals surface area (Å²) in [7, 11) is -2.13. The number of halogens is 2. The highest BCUT2D eigenvalue weighted by Gasteiger charge is 2.43. The molecule has 0 bridgehead atoms. The van der Waals surface area contributed by atoms with Gasteiger partial charge in [0.25, 0.3) is 0 Å². The van der Waals surface area contributed by atoms with Crippen LogP contribution in [0.1, 0.15) is 24.9 Å². The fourth-order valence-electron chi connectivity index (χ4n) is 3.52. The number of methoxy groups -OCH3 is 1. The third-order valence-corrected chi connectivity index (χ3v) is 6.53. The predicted molar refractivity (Wildman–Crippen MR) is 91.2 cm³/mol. The van der Waals surface area contributed by atoms with Crippen molar-refractivity contribution in [2.45, 2.75) is 25.4 Å². The molecule has 1 fully saturated rings. The summed E-state index contributed by atoms with van der Waals surface area (Å²) in [6, 6.07) is 0.345. The number of esters is 1. The summed E-state index contributed by atoms with van der Waals surface area (Å²) in [6.07, 6.45) is 0.233. The Morgan fingerprint density at radius 1 is 1.33 bits per heavy atom. The van der Waals surface area contributed by atoms with E-state index in [-0.39, 0.29) is 34.8 Å². The van der Waals surface area contributed by atoms with Crippen LogP contribution in [-0.4, -0.2) is 50.0 Å². The summed E-state index contributed by atoms with van der Waals surface area (Å²) >= 11 is 0. The molecule has 1 saturated heterocycles. The minimum Gasteiger partial charge on any atom is -0.466 e. The van der Waals surface area contributed by atoms with Gasteiger partial charge in [-0.25, -0.2) is 26.8 Å². The Morgan fingerprint density at radius 3 is 2.59 bits per heavy atom. The highest BCUT2D eigenvalue weighted by Crippen LogP contribution is 2.35. The van der Waals surface area contributed by atoms with Crippen molar-refractivity contribution in [2.24, 2.45) is 0 Å². The van der Waals surface area contributed by atoms with Crippen LogP contribution in [0.2, 0.25) is 0 Å². The number of allylic oxidation sites excluding steroid dienone is 1. The van der Waals surface area contributed by atoms with E-state index in [4.69, 9.17) is 4.74 Å². The number of ether oxygens (including phenoxy) is 1. The molecule has 10 heteroatoms. The molecular weight excluding hydrogens is 382 g/mol. The van der Waals surface area contributed by atoms with Crippen LogP contribution in [0.15, 0.2) is 29.5 Å². The molecule has 2 amide bonds. The zero-order chi connectivity index (χ0) is 19.9. The minimum atomic E-state index is -3.27. The van der Waals surface area contributed by atoms with Crippen LogP contribution >= 0.6 is 0 Å². The SMILES string of the molecule is COC(=O)C1=C(C)N([C@@H]2CCS(=O)(=O)C2)C(=O)N[C@H]1c1ccc(F)cc1F. The molecule has 3 rings (SSSR count). The topological polar surface area (TPSA) is 92.8 Å². The first kappa shape index (κ1) is 19.3. The molecule has 2 heterocycles. The zero-order valence-electron chi connectivity index (χ0n) is 14.7. The van der Waals surface area contributed by atoms with Crippen molar-refractivity contribution in [3.63, 3.8) is 0 Å². The van der Waals surface area contributed by atoms with E-state index in [0.717, 1.165) is 19.2 Å². The van der Waals surface area contributed by atoms with Gasteiger partial charge < -0.3 is 10.1 Å². The Morgan fingerprint density at radius 2 is 2.04 bits per heavy atom.